The summed E-state index contributed by atoms with van der Waals surface area (Å²) in [6.07, 6.45) is 1.89. The Hall–Kier alpha value is -2.66. The topological polar surface area (TPSA) is 58.6 Å². The zero-order valence-electron chi connectivity index (χ0n) is 16.8. The van der Waals surface area contributed by atoms with E-state index < -0.39 is 5.97 Å². The van der Waals surface area contributed by atoms with Crippen LogP contribution < -0.4 is 5.32 Å². The van der Waals surface area contributed by atoms with Gasteiger partial charge in [0.15, 0.2) is 0 Å². The van der Waals surface area contributed by atoms with Crippen molar-refractivity contribution in [3.8, 4) is 0 Å². The van der Waals surface area contributed by atoms with Crippen LogP contribution in [0.15, 0.2) is 42.5 Å². The number of nitrogens with one attached hydrogen (secondary N) is 1. The summed E-state index contributed by atoms with van der Waals surface area (Å²) in [4.78, 5) is 27.1. The Balaban J connectivity index is 1.65. The average Bonchev–Trinajstić information content (AvgIpc) is 2.69. The number of amides is 1. The number of aryl methyl sites for hydroxylation is 1. The third kappa shape index (κ3) is 4.78. The molecule has 0 spiro atoms. The van der Waals surface area contributed by atoms with Gasteiger partial charge in [-0.3, -0.25) is 9.69 Å². The van der Waals surface area contributed by atoms with E-state index in [1.165, 1.54) is 18.2 Å². The number of hydrogen-bond donors (Lipinski definition) is 1. The first-order valence-electron chi connectivity index (χ1n) is 9.74. The van der Waals surface area contributed by atoms with E-state index in [2.05, 4.69) is 41.4 Å². The minimum Gasteiger partial charge on any atom is -0.465 e. The van der Waals surface area contributed by atoms with Crippen LogP contribution in [0.1, 0.15) is 39.9 Å². The summed E-state index contributed by atoms with van der Waals surface area (Å²) in [6.45, 7) is 6.54. The molecule has 1 N–H and O–H groups in total. The predicted molar refractivity (Wildman–Crippen MR) is 110 cm³/mol. The van der Waals surface area contributed by atoms with Gasteiger partial charge in [-0.05, 0) is 56.5 Å². The zero-order chi connectivity index (χ0) is 20.1. The third-order valence-electron chi connectivity index (χ3n) is 5.36. The van der Waals surface area contributed by atoms with Gasteiger partial charge in [0.1, 0.15) is 0 Å². The number of rotatable bonds is 5. The first-order valence-corrected chi connectivity index (χ1v) is 9.74. The molecule has 148 valence electrons. The average molecular weight is 380 g/mol. The lowest BCUT2D eigenvalue weighted by molar-refractivity contribution is -0.121. The highest BCUT2D eigenvalue weighted by molar-refractivity contribution is 5.97. The second kappa shape index (κ2) is 9.02. The normalized spacial score (nSPS) is 17.2. The van der Waals surface area contributed by atoms with Crippen LogP contribution in [0.3, 0.4) is 0 Å². The number of esters is 1. The van der Waals surface area contributed by atoms with Crippen molar-refractivity contribution in [1.82, 2.24) is 4.90 Å². The Labute approximate surface area is 166 Å². The lowest BCUT2D eigenvalue weighted by atomic mass is 9.96. The molecule has 28 heavy (non-hydrogen) atoms. The van der Waals surface area contributed by atoms with E-state index in [-0.39, 0.29) is 11.8 Å². The summed E-state index contributed by atoms with van der Waals surface area (Å²) in [5.74, 6) is -0.436. The number of hydrogen-bond acceptors (Lipinski definition) is 4. The van der Waals surface area contributed by atoms with Crippen molar-refractivity contribution in [2.24, 2.45) is 5.92 Å². The van der Waals surface area contributed by atoms with Gasteiger partial charge in [-0.25, -0.2) is 4.79 Å². The molecule has 1 aliphatic rings. The fraction of sp³-hybridized carbons (Fsp3) is 0.391. The molecule has 0 radical (unpaired) electrons. The number of ether oxygens (including phenoxy) is 1. The number of benzene rings is 2. The van der Waals surface area contributed by atoms with Crippen LogP contribution in [0, 0.1) is 19.8 Å². The molecule has 2 aromatic rings. The van der Waals surface area contributed by atoms with Crippen LogP contribution in [0.4, 0.5) is 5.69 Å². The molecule has 5 heteroatoms. The Morgan fingerprint density at radius 2 is 1.96 bits per heavy atom. The number of nitrogens with zero attached hydrogens (tertiary/aromatic N) is 1. The van der Waals surface area contributed by atoms with Crippen molar-refractivity contribution in [3.05, 3.63) is 64.7 Å². The second-order valence-electron chi connectivity index (χ2n) is 7.52. The molecule has 1 aliphatic heterocycles. The maximum absolute atomic E-state index is 12.9. The zero-order valence-corrected chi connectivity index (χ0v) is 16.8. The van der Waals surface area contributed by atoms with E-state index in [1.807, 2.05) is 13.0 Å². The van der Waals surface area contributed by atoms with Gasteiger partial charge in [-0.2, -0.15) is 0 Å². The van der Waals surface area contributed by atoms with Crippen molar-refractivity contribution in [1.29, 1.82) is 0 Å². The second-order valence-corrected chi connectivity index (χ2v) is 7.52. The first-order chi connectivity index (χ1) is 13.5. The third-order valence-corrected chi connectivity index (χ3v) is 5.36. The fourth-order valence-electron chi connectivity index (χ4n) is 3.82. The van der Waals surface area contributed by atoms with Crippen molar-refractivity contribution in [2.75, 3.05) is 25.5 Å². The summed E-state index contributed by atoms with van der Waals surface area (Å²) in [6, 6.07) is 13.8. The Kier molecular flexibility index (Phi) is 6.47. The van der Waals surface area contributed by atoms with Crippen LogP contribution in [0.2, 0.25) is 0 Å². The van der Waals surface area contributed by atoms with E-state index in [4.69, 9.17) is 4.74 Å². The highest BCUT2D eigenvalue weighted by Crippen LogP contribution is 2.24. The smallest absolute Gasteiger partial charge is 0.338 e. The Bertz CT molecular complexity index is 863. The van der Waals surface area contributed by atoms with E-state index in [0.29, 0.717) is 11.3 Å². The van der Waals surface area contributed by atoms with Crippen LogP contribution >= 0.6 is 0 Å². The van der Waals surface area contributed by atoms with Gasteiger partial charge in [0.05, 0.1) is 18.6 Å². The summed E-state index contributed by atoms with van der Waals surface area (Å²) >= 11 is 0. The molecular weight excluding hydrogens is 352 g/mol. The molecule has 1 heterocycles. The molecule has 1 atom stereocenters. The number of methoxy groups -OCH3 is 1. The Morgan fingerprint density at radius 3 is 2.71 bits per heavy atom. The van der Waals surface area contributed by atoms with Crippen LogP contribution in [0.25, 0.3) is 0 Å². The minimum atomic E-state index is -0.393. The van der Waals surface area contributed by atoms with Crippen LogP contribution in [-0.2, 0) is 16.1 Å². The lowest BCUT2D eigenvalue weighted by Crippen LogP contribution is -2.40. The van der Waals surface area contributed by atoms with Gasteiger partial charge in [-0.1, -0.05) is 35.9 Å². The van der Waals surface area contributed by atoms with E-state index in [1.54, 1.807) is 12.1 Å². The quantitative estimate of drug-likeness (QED) is 0.798. The molecule has 3 rings (SSSR count). The monoisotopic (exact) mass is 380 g/mol. The van der Waals surface area contributed by atoms with Crippen molar-refractivity contribution >= 4 is 17.6 Å². The number of likely N-dealkylation sites (tertiary alicyclic amines) is 1. The van der Waals surface area contributed by atoms with Crippen LogP contribution in [-0.4, -0.2) is 37.0 Å². The van der Waals surface area contributed by atoms with Gasteiger partial charge in [-0.15, -0.1) is 0 Å². The molecule has 0 bridgehead atoms. The van der Waals surface area contributed by atoms with Gasteiger partial charge in [0.25, 0.3) is 0 Å². The molecular formula is C23H28N2O3. The molecule has 1 saturated heterocycles. The van der Waals surface area contributed by atoms with Gasteiger partial charge in [0.2, 0.25) is 5.91 Å². The maximum Gasteiger partial charge on any atom is 0.338 e. The van der Waals surface area contributed by atoms with Gasteiger partial charge >= 0.3 is 5.97 Å². The Morgan fingerprint density at radius 1 is 1.18 bits per heavy atom. The largest absolute Gasteiger partial charge is 0.465 e. The summed E-state index contributed by atoms with van der Waals surface area (Å²) < 4.78 is 4.81. The predicted octanol–water partition coefficient (Wildman–Crippen LogP) is 3.94. The summed E-state index contributed by atoms with van der Waals surface area (Å²) in [5, 5.41) is 3.02. The summed E-state index contributed by atoms with van der Waals surface area (Å²) in [5.41, 5.74) is 4.41. The van der Waals surface area contributed by atoms with E-state index >= 15 is 0 Å². The standard InChI is InChI=1S/C23H28N2O3/c1-16-7-4-8-18(13-16)14-25-12-6-9-19(15-25)22(26)24-21-11-5-10-20(17(21)2)23(27)28-3/h4-5,7-8,10-11,13,19H,6,9,12,14-15H2,1-3H3,(H,24,26). The minimum absolute atomic E-state index is 0.0130. The SMILES string of the molecule is COC(=O)c1cccc(NC(=O)C2CCCN(Cc3cccc(C)c3)C2)c1C. The molecule has 1 unspecified atom stereocenters. The van der Waals surface area contributed by atoms with Gasteiger partial charge < -0.3 is 10.1 Å². The molecule has 2 aromatic carbocycles. The highest BCUT2D eigenvalue weighted by Gasteiger charge is 2.26. The number of piperidine rings is 1. The molecule has 1 amide bonds. The van der Waals surface area contributed by atoms with Crippen molar-refractivity contribution in [3.63, 3.8) is 0 Å². The molecule has 0 aromatic heterocycles. The van der Waals surface area contributed by atoms with Crippen molar-refractivity contribution < 1.29 is 14.3 Å². The number of carbonyl (C=O) groups excluding carboxylic acids is 2. The van der Waals surface area contributed by atoms with E-state index in [0.717, 1.165) is 38.0 Å². The van der Waals surface area contributed by atoms with Gasteiger partial charge in [0, 0.05) is 18.8 Å². The maximum atomic E-state index is 12.9. The lowest BCUT2D eigenvalue weighted by Gasteiger charge is -2.32. The van der Waals surface area contributed by atoms with E-state index in [9.17, 15) is 9.59 Å². The molecule has 0 aliphatic carbocycles. The molecule has 1 fully saturated rings. The summed E-state index contributed by atoms with van der Waals surface area (Å²) in [7, 11) is 1.36. The molecule has 0 saturated carbocycles. The van der Waals surface area contributed by atoms with Crippen LogP contribution in [0.5, 0.6) is 0 Å². The molecule has 5 nitrogen and oxygen atoms in total. The van der Waals surface area contributed by atoms with Crippen molar-refractivity contribution in [2.45, 2.75) is 33.2 Å². The highest BCUT2D eigenvalue weighted by atomic mass is 16.5. The number of carbonyl (C=O) groups is 2. The first kappa shape index (κ1) is 20.1. The fourth-order valence-corrected chi connectivity index (χ4v) is 3.82. The number of anilines is 1.